The van der Waals surface area contributed by atoms with Gasteiger partial charge in [0.1, 0.15) is 5.82 Å². The van der Waals surface area contributed by atoms with Gasteiger partial charge in [0, 0.05) is 16.7 Å². The van der Waals surface area contributed by atoms with E-state index >= 15 is 0 Å². The summed E-state index contributed by atoms with van der Waals surface area (Å²) in [7, 11) is 1.58. The van der Waals surface area contributed by atoms with Crippen molar-refractivity contribution >= 4 is 22.5 Å². The molecule has 4 rings (SSSR count). The summed E-state index contributed by atoms with van der Waals surface area (Å²) in [4.78, 5) is 16.2. The third-order valence-electron chi connectivity index (χ3n) is 5.31. The van der Waals surface area contributed by atoms with E-state index in [1.54, 1.807) is 7.11 Å². The molecule has 0 spiro atoms. The maximum atomic E-state index is 13.1. The van der Waals surface area contributed by atoms with Crippen molar-refractivity contribution in [3.63, 3.8) is 0 Å². The summed E-state index contributed by atoms with van der Waals surface area (Å²) < 4.78 is 19.9. The second kappa shape index (κ2) is 8.97. The number of halogens is 1. The van der Waals surface area contributed by atoms with E-state index < -0.39 is 0 Å². The van der Waals surface area contributed by atoms with Gasteiger partial charge < -0.3 is 9.64 Å². The highest BCUT2D eigenvalue weighted by Gasteiger charge is 2.20. The van der Waals surface area contributed by atoms with Crippen molar-refractivity contribution in [3.05, 3.63) is 64.7 Å². The molecule has 0 bridgehead atoms. The fourth-order valence-corrected chi connectivity index (χ4v) is 4.82. The highest BCUT2D eigenvalue weighted by Crippen LogP contribution is 2.30. The summed E-state index contributed by atoms with van der Waals surface area (Å²) in [6.07, 6.45) is 2.15. The van der Waals surface area contributed by atoms with Crippen LogP contribution in [0.15, 0.2) is 58.2 Å². The van der Waals surface area contributed by atoms with Crippen LogP contribution in [0.2, 0.25) is 0 Å². The average Bonchev–Trinajstić information content (AvgIpc) is 2.76. The number of ether oxygens (including phenoxy) is 1. The minimum Gasteiger partial charge on any atom is -0.480 e. The van der Waals surface area contributed by atoms with Crippen LogP contribution < -0.4 is 10.3 Å². The van der Waals surface area contributed by atoms with Crippen LogP contribution in [-0.4, -0.2) is 46.7 Å². The quantitative estimate of drug-likeness (QED) is 0.615. The Balaban J connectivity index is 1.35. The van der Waals surface area contributed by atoms with Gasteiger partial charge in [-0.15, -0.1) is 16.9 Å². The van der Waals surface area contributed by atoms with Gasteiger partial charge in [-0.1, -0.05) is 12.1 Å². The third kappa shape index (κ3) is 4.62. The Morgan fingerprint density at radius 2 is 1.76 bits per heavy atom. The molecular formula is C22H24FN3O2S. The molecule has 2 heterocycles. The van der Waals surface area contributed by atoms with Crippen LogP contribution in [0, 0.1) is 5.82 Å². The van der Waals surface area contributed by atoms with E-state index in [2.05, 4.69) is 10.00 Å². The molecule has 1 aliphatic rings. The lowest BCUT2D eigenvalue weighted by molar-refractivity contribution is 0.219. The highest BCUT2D eigenvalue weighted by molar-refractivity contribution is 8.00. The van der Waals surface area contributed by atoms with Crippen molar-refractivity contribution in [2.75, 3.05) is 26.7 Å². The number of aromatic nitrogens is 2. The molecule has 1 saturated heterocycles. The van der Waals surface area contributed by atoms with Gasteiger partial charge >= 0.3 is 0 Å². The standard InChI is InChI=1S/C22H24FN3O2S/c1-28-21-19-4-2-3-5-20(19)22(27)26(24-21)15-14-25-12-10-18(11-13-25)29-17-8-6-16(23)7-9-17/h2-9,18H,10-15H2,1H3. The number of benzene rings is 2. The van der Waals surface area contributed by atoms with Crippen molar-refractivity contribution in [2.24, 2.45) is 0 Å². The first-order valence-electron chi connectivity index (χ1n) is 9.82. The topological polar surface area (TPSA) is 47.4 Å². The summed E-state index contributed by atoms with van der Waals surface area (Å²) in [5.74, 6) is 0.285. The fourth-order valence-electron chi connectivity index (χ4n) is 3.70. The Bertz CT molecular complexity index is 1030. The number of fused-ring (bicyclic) bond motifs is 1. The molecule has 1 aliphatic heterocycles. The van der Waals surface area contributed by atoms with Gasteiger partial charge in [-0.05, 0) is 62.3 Å². The molecule has 1 aromatic heterocycles. The van der Waals surface area contributed by atoms with Gasteiger partial charge in [-0.3, -0.25) is 4.79 Å². The number of nitrogens with zero attached hydrogens (tertiary/aromatic N) is 3. The maximum Gasteiger partial charge on any atom is 0.274 e. The number of hydrogen-bond donors (Lipinski definition) is 0. The van der Waals surface area contributed by atoms with E-state index in [-0.39, 0.29) is 11.4 Å². The van der Waals surface area contributed by atoms with E-state index in [1.165, 1.54) is 16.8 Å². The number of likely N-dealkylation sites (tertiary alicyclic amines) is 1. The van der Waals surface area contributed by atoms with E-state index in [4.69, 9.17) is 4.74 Å². The van der Waals surface area contributed by atoms with Gasteiger partial charge in [0.25, 0.3) is 5.56 Å². The summed E-state index contributed by atoms with van der Waals surface area (Å²) in [5, 5.41) is 6.32. The van der Waals surface area contributed by atoms with Crippen LogP contribution in [0.4, 0.5) is 4.39 Å². The van der Waals surface area contributed by atoms with Crippen molar-refractivity contribution < 1.29 is 9.13 Å². The molecule has 2 aromatic carbocycles. The lowest BCUT2D eigenvalue weighted by atomic mass is 10.1. The van der Waals surface area contributed by atoms with Crippen molar-refractivity contribution in [2.45, 2.75) is 29.5 Å². The molecule has 0 amide bonds. The molecule has 3 aromatic rings. The lowest BCUT2D eigenvalue weighted by Gasteiger charge is -2.31. The van der Waals surface area contributed by atoms with Crippen LogP contribution >= 0.6 is 11.8 Å². The number of thioether (sulfide) groups is 1. The molecule has 7 heteroatoms. The molecule has 0 atom stereocenters. The van der Waals surface area contributed by atoms with Crippen LogP contribution in [0.5, 0.6) is 5.88 Å². The van der Waals surface area contributed by atoms with Gasteiger partial charge in [-0.25, -0.2) is 9.07 Å². The predicted molar refractivity (Wildman–Crippen MR) is 114 cm³/mol. The van der Waals surface area contributed by atoms with Gasteiger partial charge in [0.15, 0.2) is 0 Å². The van der Waals surface area contributed by atoms with Crippen LogP contribution in [0.3, 0.4) is 0 Å². The number of hydrogen-bond acceptors (Lipinski definition) is 5. The van der Waals surface area contributed by atoms with E-state index in [0.29, 0.717) is 23.1 Å². The van der Waals surface area contributed by atoms with E-state index in [0.717, 1.165) is 42.8 Å². The lowest BCUT2D eigenvalue weighted by Crippen LogP contribution is -2.38. The minimum absolute atomic E-state index is 0.0804. The number of rotatable bonds is 6. The molecule has 29 heavy (non-hydrogen) atoms. The van der Waals surface area contributed by atoms with Crippen LogP contribution in [-0.2, 0) is 6.54 Å². The normalized spacial score (nSPS) is 15.7. The van der Waals surface area contributed by atoms with Crippen LogP contribution in [0.1, 0.15) is 12.8 Å². The molecule has 5 nitrogen and oxygen atoms in total. The molecule has 152 valence electrons. The Morgan fingerprint density at radius 1 is 1.07 bits per heavy atom. The number of piperidine rings is 1. The van der Waals surface area contributed by atoms with Crippen molar-refractivity contribution in [1.82, 2.24) is 14.7 Å². The summed E-state index contributed by atoms with van der Waals surface area (Å²) in [6.45, 7) is 3.29. The summed E-state index contributed by atoms with van der Waals surface area (Å²) >= 11 is 1.82. The Labute approximate surface area is 173 Å². The molecule has 0 unspecified atom stereocenters. The van der Waals surface area contributed by atoms with Gasteiger partial charge in [-0.2, -0.15) is 0 Å². The summed E-state index contributed by atoms with van der Waals surface area (Å²) in [5.41, 5.74) is -0.0804. The molecular weight excluding hydrogens is 389 g/mol. The zero-order chi connectivity index (χ0) is 20.2. The first-order chi connectivity index (χ1) is 14.1. The van der Waals surface area contributed by atoms with Gasteiger partial charge in [0.2, 0.25) is 5.88 Å². The Hall–Kier alpha value is -2.38. The first-order valence-corrected chi connectivity index (χ1v) is 10.7. The maximum absolute atomic E-state index is 13.1. The SMILES string of the molecule is COc1nn(CCN2CCC(Sc3ccc(F)cc3)CC2)c(=O)c2ccccc12. The van der Waals surface area contributed by atoms with Crippen molar-refractivity contribution in [3.8, 4) is 5.88 Å². The third-order valence-corrected chi connectivity index (χ3v) is 6.66. The Kier molecular flexibility index (Phi) is 6.16. The number of methoxy groups -OCH3 is 1. The predicted octanol–water partition coefficient (Wildman–Crippen LogP) is 3.80. The molecule has 1 fully saturated rings. The molecule has 0 radical (unpaired) electrons. The second-order valence-corrected chi connectivity index (χ2v) is 8.57. The monoisotopic (exact) mass is 413 g/mol. The zero-order valence-corrected chi connectivity index (χ0v) is 17.2. The van der Waals surface area contributed by atoms with E-state index in [9.17, 15) is 9.18 Å². The highest BCUT2D eigenvalue weighted by atomic mass is 32.2. The minimum atomic E-state index is -0.196. The Morgan fingerprint density at radius 3 is 2.45 bits per heavy atom. The van der Waals surface area contributed by atoms with E-state index in [1.807, 2.05) is 48.2 Å². The molecule has 0 aliphatic carbocycles. The fraction of sp³-hybridized carbons (Fsp3) is 0.364. The first kappa shape index (κ1) is 19.9. The van der Waals surface area contributed by atoms with Crippen molar-refractivity contribution in [1.29, 1.82) is 0 Å². The average molecular weight is 414 g/mol. The molecule has 0 saturated carbocycles. The van der Waals surface area contributed by atoms with Crippen LogP contribution in [0.25, 0.3) is 10.8 Å². The second-order valence-electron chi connectivity index (χ2n) is 7.20. The smallest absolute Gasteiger partial charge is 0.274 e. The molecule has 0 N–H and O–H groups in total. The zero-order valence-electron chi connectivity index (χ0n) is 16.4. The van der Waals surface area contributed by atoms with Gasteiger partial charge in [0.05, 0.1) is 24.4 Å². The summed E-state index contributed by atoms with van der Waals surface area (Å²) in [6, 6.07) is 14.1. The largest absolute Gasteiger partial charge is 0.480 e.